The van der Waals surface area contributed by atoms with Crippen molar-refractivity contribution in [2.24, 2.45) is 0 Å². The van der Waals surface area contributed by atoms with E-state index in [1.54, 1.807) is 18.5 Å². The molecule has 116 valence electrons. The number of anilines is 1. The lowest BCUT2D eigenvalue weighted by Gasteiger charge is -2.35. The van der Waals surface area contributed by atoms with E-state index in [1.807, 2.05) is 6.07 Å². The average Bonchev–Trinajstić information content (AvgIpc) is 2.44. The summed E-state index contributed by atoms with van der Waals surface area (Å²) in [5.74, 6) is 0. The second-order valence-corrected chi connectivity index (χ2v) is 5.49. The monoisotopic (exact) mass is 292 g/mol. The number of nitrogens with one attached hydrogen (secondary N) is 2. The summed E-state index contributed by atoms with van der Waals surface area (Å²) in [5.41, 5.74) is 0.700. The maximum absolute atomic E-state index is 11.7. The van der Waals surface area contributed by atoms with Crippen molar-refractivity contribution in [1.82, 2.24) is 15.2 Å². The fraction of sp³-hybridized carbons (Fsp3) is 0.600. The predicted octanol–water partition coefficient (Wildman–Crippen LogP) is 1.70. The van der Waals surface area contributed by atoms with Gasteiger partial charge in [0.15, 0.2) is 0 Å². The fourth-order valence-corrected chi connectivity index (χ4v) is 2.58. The highest BCUT2D eigenvalue weighted by molar-refractivity contribution is 5.88. The third kappa shape index (κ3) is 5.69. The number of morpholine rings is 1. The smallest absolute Gasteiger partial charge is 0.319 e. The first kappa shape index (κ1) is 15.7. The van der Waals surface area contributed by atoms with Crippen LogP contribution < -0.4 is 10.6 Å². The van der Waals surface area contributed by atoms with Crippen LogP contribution in [0.4, 0.5) is 10.5 Å². The van der Waals surface area contributed by atoms with Crippen molar-refractivity contribution in [3.8, 4) is 0 Å². The topological polar surface area (TPSA) is 66.5 Å². The Bertz CT molecular complexity index is 431. The number of pyridine rings is 1. The van der Waals surface area contributed by atoms with Crippen molar-refractivity contribution < 1.29 is 9.53 Å². The van der Waals surface area contributed by atoms with Gasteiger partial charge in [-0.1, -0.05) is 0 Å². The van der Waals surface area contributed by atoms with Crippen LogP contribution in [0, 0.1) is 0 Å². The normalized spacial score (nSPS) is 22.8. The molecule has 1 aliphatic rings. The molecule has 2 N–H and O–H groups in total. The SMILES string of the molecule is C[C@@H]1CN(CCCNC(=O)Nc2cccnc2)C[C@@H](C)O1. The van der Waals surface area contributed by atoms with E-state index in [9.17, 15) is 4.79 Å². The summed E-state index contributed by atoms with van der Waals surface area (Å²) in [7, 11) is 0. The van der Waals surface area contributed by atoms with E-state index in [1.165, 1.54) is 0 Å². The second kappa shape index (κ2) is 7.95. The first-order chi connectivity index (χ1) is 10.1. The number of amides is 2. The summed E-state index contributed by atoms with van der Waals surface area (Å²) in [6.45, 7) is 7.76. The number of hydrogen-bond acceptors (Lipinski definition) is 4. The fourth-order valence-electron chi connectivity index (χ4n) is 2.58. The van der Waals surface area contributed by atoms with E-state index in [2.05, 4.69) is 34.4 Å². The van der Waals surface area contributed by atoms with E-state index in [-0.39, 0.29) is 18.2 Å². The van der Waals surface area contributed by atoms with Crippen molar-refractivity contribution in [2.45, 2.75) is 32.5 Å². The minimum absolute atomic E-state index is 0.188. The average molecular weight is 292 g/mol. The lowest BCUT2D eigenvalue weighted by Crippen LogP contribution is -2.46. The lowest BCUT2D eigenvalue weighted by molar-refractivity contribution is -0.0679. The minimum Gasteiger partial charge on any atom is -0.373 e. The third-order valence-corrected chi connectivity index (χ3v) is 3.35. The summed E-state index contributed by atoms with van der Waals surface area (Å²) in [6.07, 6.45) is 4.80. The van der Waals surface area contributed by atoms with Gasteiger partial charge in [0.2, 0.25) is 0 Å². The Morgan fingerprint density at radius 1 is 1.43 bits per heavy atom. The lowest BCUT2D eigenvalue weighted by atomic mass is 10.2. The van der Waals surface area contributed by atoms with Crippen LogP contribution in [0.2, 0.25) is 0 Å². The highest BCUT2D eigenvalue weighted by Gasteiger charge is 2.21. The molecule has 0 spiro atoms. The third-order valence-electron chi connectivity index (χ3n) is 3.35. The summed E-state index contributed by atoms with van der Waals surface area (Å²) >= 11 is 0. The van der Waals surface area contributed by atoms with Crippen LogP contribution >= 0.6 is 0 Å². The maximum atomic E-state index is 11.7. The van der Waals surface area contributed by atoms with Crippen LogP contribution in [0.3, 0.4) is 0 Å². The number of aromatic nitrogens is 1. The van der Waals surface area contributed by atoms with Crippen LogP contribution in [-0.4, -0.2) is 54.3 Å². The molecule has 21 heavy (non-hydrogen) atoms. The molecule has 1 aliphatic heterocycles. The van der Waals surface area contributed by atoms with Crippen LogP contribution in [0.15, 0.2) is 24.5 Å². The molecule has 2 heterocycles. The van der Waals surface area contributed by atoms with Crippen molar-refractivity contribution in [3.63, 3.8) is 0 Å². The van der Waals surface area contributed by atoms with Crippen LogP contribution in [0.25, 0.3) is 0 Å². The molecule has 0 unspecified atom stereocenters. The van der Waals surface area contributed by atoms with Gasteiger partial charge in [-0.3, -0.25) is 9.88 Å². The van der Waals surface area contributed by atoms with Crippen molar-refractivity contribution in [1.29, 1.82) is 0 Å². The zero-order chi connectivity index (χ0) is 15.1. The molecule has 2 rings (SSSR count). The van der Waals surface area contributed by atoms with Crippen molar-refractivity contribution in [3.05, 3.63) is 24.5 Å². The Morgan fingerprint density at radius 3 is 2.86 bits per heavy atom. The van der Waals surface area contributed by atoms with Crippen LogP contribution in [-0.2, 0) is 4.74 Å². The van der Waals surface area contributed by atoms with E-state index < -0.39 is 0 Å². The molecule has 1 aromatic heterocycles. The molecule has 6 nitrogen and oxygen atoms in total. The van der Waals surface area contributed by atoms with E-state index in [0.717, 1.165) is 26.1 Å². The number of urea groups is 1. The van der Waals surface area contributed by atoms with Gasteiger partial charge in [-0.15, -0.1) is 0 Å². The Labute approximate surface area is 125 Å². The molecule has 6 heteroatoms. The highest BCUT2D eigenvalue weighted by atomic mass is 16.5. The standard InChI is InChI=1S/C15H24N4O2/c1-12-10-19(11-13(2)21-12)8-4-7-17-15(20)18-14-5-3-6-16-9-14/h3,5-6,9,12-13H,4,7-8,10-11H2,1-2H3,(H2,17,18,20)/t12-,13-/m1/s1. The molecule has 0 bridgehead atoms. The van der Waals surface area contributed by atoms with Crippen LogP contribution in [0.5, 0.6) is 0 Å². The summed E-state index contributed by atoms with van der Waals surface area (Å²) in [6, 6.07) is 3.41. The summed E-state index contributed by atoms with van der Waals surface area (Å²) < 4.78 is 5.70. The molecule has 1 aromatic rings. The predicted molar refractivity (Wildman–Crippen MR) is 82.3 cm³/mol. The first-order valence-electron chi connectivity index (χ1n) is 7.46. The summed E-state index contributed by atoms with van der Waals surface area (Å²) in [4.78, 5) is 18.0. The number of ether oxygens (including phenoxy) is 1. The number of carbonyl (C=O) groups excluding carboxylic acids is 1. The van der Waals surface area contributed by atoms with Gasteiger partial charge in [0.05, 0.1) is 24.1 Å². The van der Waals surface area contributed by atoms with Gasteiger partial charge >= 0.3 is 6.03 Å². The van der Waals surface area contributed by atoms with Crippen molar-refractivity contribution in [2.75, 3.05) is 31.5 Å². The van der Waals surface area contributed by atoms with Gasteiger partial charge in [-0.05, 0) is 32.4 Å². The number of carbonyl (C=O) groups is 1. The maximum Gasteiger partial charge on any atom is 0.319 e. The first-order valence-corrected chi connectivity index (χ1v) is 7.46. The number of hydrogen-bond donors (Lipinski definition) is 2. The number of nitrogens with zero attached hydrogens (tertiary/aromatic N) is 2. The summed E-state index contributed by atoms with van der Waals surface area (Å²) in [5, 5.41) is 5.61. The number of rotatable bonds is 5. The zero-order valence-electron chi connectivity index (χ0n) is 12.7. The Morgan fingerprint density at radius 2 is 2.19 bits per heavy atom. The van der Waals surface area contributed by atoms with Gasteiger partial charge in [-0.25, -0.2) is 4.79 Å². The second-order valence-electron chi connectivity index (χ2n) is 5.49. The van der Waals surface area contributed by atoms with Crippen LogP contribution in [0.1, 0.15) is 20.3 Å². The van der Waals surface area contributed by atoms with Gasteiger partial charge in [0.1, 0.15) is 0 Å². The minimum atomic E-state index is -0.188. The quantitative estimate of drug-likeness (QED) is 0.811. The zero-order valence-corrected chi connectivity index (χ0v) is 12.7. The molecular weight excluding hydrogens is 268 g/mol. The molecule has 0 aromatic carbocycles. The van der Waals surface area contributed by atoms with Gasteiger partial charge in [0.25, 0.3) is 0 Å². The van der Waals surface area contributed by atoms with E-state index >= 15 is 0 Å². The molecule has 0 saturated carbocycles. The molecule has 0 aliphatic carbocycles. The molecule has 1 fully saturated rings. The van der Waals surface area contributed by atoms with Gasteiger partial charge < -0.3 is 15.4 Å². The van der Waals surface area contributed by atoms with Crippen molar-refractivity contribution >= 4 is 11.7 Å². The highest BCUT2D eigenvalue weighted by Crippen LogP contribution is 2.10. The Hall–Kier alpha value is -1.66. The molecule has 2 amide bonds. The molecule has 2 atom stereocenters. The molecule has 1 saturated heterocycles. The largest absolute Gasteiger partial charge is 0.373 e. The molecule has 0 radical (unpaired) electrons. The Balaban J connectivity index is 1.60. The Kier molecular flexibility index (Phi) is 5.95. The van der Waals surface area contributed by atoms with Gasteiger partial charge in [-0.2, -0.15) is 0 Å². The van der Waals surface area contributed by atoms with E-state index in [0.29, 0.717) is 12.2 Å². The van der Waals surface area contributed by atoms with E-state index in [4.69, 9.17) is 4.74 Å². The molecular formula is C15H24N4O2. The van der Waals surface area contributed by atoms with Gasteiger partial charge in [0, 0.05) is 32.4 Å².